The van der Waals surface area contributed by atoms with Gasteiger partial charge in [0.25, 0.3) is 0 Å². The molecule has 0 aliphatic carbocycles. The van der Waals surface area contributed by atoms with Gasteiger partial charge in [-0.1, -0.05) is 78.1 Å². The third-order valence-electron chi connectivity index (χ3n) is 5.43. The molecule has 0 amide bonds. The van der Waals surface area contributed by atoms with Gasteiger partial charge in [-0.2, -0.15) is 0 Å². The third kappa shape index (κ3) is 15.8. The molecule has 0 aromatic heterocycles. The smallest absolute Gasteiger partial charge is 0.0796 e. The molecule has 0 aromatic carbocycles. The first kappa shape index (κ1) is 24.2. The molecular formula is C22H47ClN+. The zero-order valence-electron chi connectivity index (χ0n) is 17.3. The Labute approximate surface area is 159 Å². The summed E-state index contributed by atoms with van der Waals surface area (Å²) >= 11 is 5.96. The van der Waals surface area contributed by atoms with E-state index in [2.05, 4.69) is 20.9 Å². The number of nitrogens with zero attached hydrogens (tertiary/aromatic N) is 1. The molecule has 0 radical (unpaired) electrons. The second-order valence-corrected chi connectivity index (χ2v) is 8.45. The van der Waals surface area contributed by atoms with Crippen molar-refractivity contribution in [2.45, 2.75) is 110 Å². The SMILES string of the molecule is CCCCCCCCC[N+](C)(CCCCl)CCCCCCCCC. The minimum absolute atomic E-state index is 0.821. The summed E-state index contributed by atoms with van der Waals surface area (Å²) in [7, 11) is 2.47. The standard InChI is InChI=1S/C22H47ClN/c1-4-6-8-10-12-14-16-20-24(3,22-18-19-23)21-17-15-13-11-9-7-5-2/h4-22H2,1-3H3/q+1. The van der Waals surface area contributed by atoms with Crippen LogP contribution in [0.5, 0.6) is 0 Å². The summed E-state index contributed by atoms with van der Waals surface area (Å²) in [6.07, 6.45) is 21.0. The topological polar surface area (TPSA) is 0 Å². The fraction of sp³-hybridized carbons (Fsp3) is 1.00. The van der Waals surface area contributed by atoms with E-state index in [1.165, 1.54) is 120 Å². The first-order valence-electron chi connectivity index (χ1n) is 11.1. The molecule has 0 heterocycles. The van der Waals surface area contributed by atoms with Gasteiger partial charge in [-0.15, -0.1) is 11.6 Å². The second kappa shape index (κ2) is 18.1. The molecule has 0 aliphatic rings. The van der Waals surface area contributed by atoms with E-state index in [9.17, 15) is 0 Å². The van der Waals surface area contributed by atoms with Crippen molar-refractivity contribution in [3.63, 3.8) is 0 Å². The zero-order chi connectivity index (χ0) is 17.9. The van der Waals surface area contributed by atoms with Crippen LogP contribution in [0, 0.1) is 0 Å². The van der Waals surface area contributed by atoms with Gasteiger partial charge in [0.05, 0.1) is 26.7 Å². The molecule has 0 aliphatic heterocycles. The first-order valence-corrected chi connectivity index (χ1v) is 11.6. The van der Waals surface area contributed by atoms with Crippen molar-refractivity contribution in [2.24, 2.45) is 0 Å². The molecule has 0 fully saturated rings. The van der Waals surface area contributed by atoms with Crippen LogP contribution in [0.3, 0.4) is 0 Å². The molecule has 24 heavy (non-hydrogen) atoms. The van der Waals surface area contributed by atoms with E-state index in [1.807, 2.05) is 0 Å². The Bertz CT molecular complexity index is 224. The lowest BCUT2D eigenvalue weighted by molar-refractivity contribution is -0.910. The molecule has 0 atom stereocenters. The molecule has 0 aromatic rings. The van der Waals surface area contributed by atoms with E-state index in [4.69, 9.17) is 11.6 Å². The lowest BCUT2D eigenvalue weighted by atomic mass is 10.1. The number of unbranched alkanes of at least 4 members (excludes halogenated alkanes) is 12. The van der Waals surface area contributed by atoms with Crippen LogP contribution in [0.2, 0.25) is 0 Å². The molecule has 0 saturated carbocycles. The van der Waals surface area contributed by atoms with Crippen LogP contribution in [-0.4, -0.2) is 37.0 Å². The number of hydrogen-bond donors (Lipinski definition) is 0. The largest absolute Gasteiger partial charge is 0.326 e. The monoisotopic (exact) mass is 360 g/mol. The maximum Gasteiger partial charge on any atom is 0.0796 e. The minimum atomic E-state index is 0.821. The molecule has 0 unspecified atom stereocenters. The van der Waals surface area contributed by atoms with E-state index >= 15 is 0 Å². The van der Waals surface area contributed by atoms with Gasteiger partial charge in [-0.25, -0.2) is 0 Å². The third-order valence-corrected chi connectivity index (χ3v) is 5.70. The molecule has 0 saturated heterocycles. The number of alkyl halides is 1. The molecule has 1 nitrogen and oxygen atoms in total. The average Bonchev–Trinajstić information content (AvgIpc) is 2.58. The Morgan fingerprint density at radius 2 is 0.833 bits per heavy atom. The predicted molar refractivity (Wildman–Crippen MR) is 112 cm³/mol. The lowest BCUT2D eigenvalue weighted by Crippen LogP contribution is -2.46. The number of halogens is 1. The van der Waals surface area contributed by atoms with E-state index < -0.39 is 0 Å². The highest BCUT2D eigenvalue weighted by Gasteiger charge is 2.19. The van der Waals surface area contributed by atoms with E-state index in [-0.39, 0.29) is 0 Å². The normalized spacial score (nSPS) is 12.0. The van der Waals surface area contributed by atoms with E-state index in [0.29, 0.717) is 0 Å². The summed E-state index contributed by atoms with van der Waals surface area (Å²) in [5.74, 6) is 0.821. The van der Waals surface area contributed by atoms with Crippen molar-refractivity contribution < 1.29 is 4.48 Å². The highest BCUT2D eigenvalue weighted by atomic mass is 35.5. The van der Waals surface area contributed by atoms with Crippen molar-refractivity contribution in [3.8, 4) is 0 Å². The molecule has 0 bridgehead atoms. The zero-order valence-corrected chi connectivity index (χ0v) is 18.0. The Hall–Kier alpha value is 0.250. The Morgan fingerprint density at radius 3 is 1.21 bits per heavy atom. The van der Waals surface area contributed by atoms with Crippen LogP contribution < -0.4 is 0 Å². The van der Waals surface area contributed by atoms with Crippen LogP contribution in [0.4, 0.5) is 0 Å². The second-order valence-electron chi connectivity index (χ2n) is 8.08. The fourth-order valence-electron chi connectivity index (χ4n) is 3.68. The van der Waals surface area contributed by atoms with Gasteiger partial charge < -0.3 is 4.48 Å². The number of rotatable bonds is 19. The van der Waals surface area contributed by atoms with Crippen LogP contribution in [0.15, 0.2) is 0 Å². The molecule has 0 N–H and O–H groups in total. The summed E-state index contributed by atoms with van der Waals surface area (Å²) in [6, 6.07) is 0. The van der Waals surface area contributed by atoms with Crippen molar-refractivity contribution in [3.05, 3.63) is 0 Å². The van der Waals surface area contributed by atoms with Crippen LogP contribution in [0.1, 0.15) is 110 Å². The predicted octanol–water partition coefficient (Wildman–Crippen LogP) is 7.56. The summed E-state index contributed by atoms with van der Waals surface area (Å²) in [6.45, 7) is 8.59. The van der Waals surface area contributed by atoms with Crippen LogP contribution >= 0.6 is 11.6 Å². The highest BCUT2D eigenvalue weighted by Crippen LogP contribution is 2.15. The Balaban J connectivity index is 3.81. The quantitative estimate of drug-likeness (QED) is 0.126. The lowest BCUT2D eigenvalue weighted by Gasteiger charge is -2.35. The van der Waals surface area contributed by atoms with E-state index in [1.54, 1.807) is 0 Å². The van der Waals surface area contributed by atoms with Gasteiger partial charge in [-0.3, -0.25) is 0 Å². The number of quaternary nitrogens is 1. The number of hydrogen-bond acceptors (Lipinski definition) is 0. The molecule has 146 valence electrons. The highest BCUT2D eigenvalue weighted by molar-refractivity contribution is 6.17. The van der Waals surface area contributed by atoms with Gasteiger partial charge >= 0.3 is 0 Å². The average molecular weight is 361 g/mol. The van der Waals surface area contributed by atoms with Gasteiger partial charge in [0.2, 0.25) is 0 Å². The van der Waals surface area contributed by atoms with E-state index in [0.717, 1.165) is 5.88 Å². The van der Waals surface area contributed by atoms with Gasteiger partial charge in [-0.05, 0) is 25.7 Å². The summed E-state index contributed by atoms with van der Waals surface area (Å²) < 4.78 is 1.26. The van der Waals surface area contributed by atoms with Crippen molar-refractivity contribution in [1.29, 1.82) is 0 Å². The van der Waals surface area contributed by atoms with Gasteiger partial charge in [0.15, 0.2) is 0 Å². The molecular weight excluding hydrogens is 314 g/mol. The van der Waals surface area contributed by atoms with Crippen molar-refractivity contribution in [2.75, 3.05) is 32.6 Å². The van der Waals surface area contributed by atoms with Crippen molar-refractivity contribution >= 4 is 11.6 Å². The summed E-state index contributed by atoms with van der Waals surface area (Å²) in [5, 5.41) is 0. The minimum Gasteiger partial charge on any atom is -0.326 e. The van der Waals surface area contributed by atoms with Crippen molar-refractivity contribution in [1.82, 2.24) is 0 Å². The molecule has 0 rings (SSSR count). The molecule has 2 heteroatoms. The van der Waals surface area contributed by atoms with Gasteiger partial charge in [0, 0.05) is 12.3 Å². The van der Waals surface area contributed by atoms with Gasteiger partial charge in [0.1, 0.15) is 0 Å². The fourth-order valence-corrected chi connectivity index (χ4v) is 3.80. The first-order chi connectivity index (χ1) is 11.7. The summed E-state index contributed by atoms with van der Waals surface area (Å²) in [5.41, 5.74) is 0. The maximum atomic E-state index is 5.96. The van der Waals surface area contributed by atoms with Crippen LogP contribution in [-0.2, 0) is 0 Å². The Kier molecular flexibility index (Phi) is 18.2. The maximum absolute atomic E-state index is 5.96. The molecule has 0 spiro atoms. The van der Waals surface area contributed by atoms with Crippen LogP contribution in [0.25, 0.3) is 0 Å². The summed E-state index contributed by atoms with van der Waals surface area (Å²) in [4.78, 5) is 0. The Morgan fingerprint density at radius 1 is 0.500 bits per heavy atom.